The van der Waals surface area contributed by atoms with Crippen LogP contribution in [0, 0.1) is 6.92 Å². The number of carbonyl (C=O) groups is 3. The summed E-state index contributed by atoms with van der Waals surface area (Å²) in [6.45, 7) is 5.21. The molecule has 1 aliphatic rings. The van der Waals surface area contributed by atoms with Crippen LogP contribution in [0.15, 0.2) is 66.2 Å². The van der Waals surface area contributed by atoms with E-state index >= 15 is 0 Å². The van der Waals surface area contributed by atoms with Crippen LogP contribution in [0.3, 0.4) is 0 Å². The summed E-state index contributed by atoms with van der Waals surface area (Å²) < 4.78 is 5.43. The first-order chi connectivity index (χ1) is 17.7. The number of amides is 2. The van der Waals surface area contributed by atoms with Crippen LogP contribution in [0.5, 0.6) is 5.75 Å². The summed E-state index contributed by atoms with van der Waals surface area (Å²) in [4.78, 5) is 39.9. The highest BCUT2D eigenvalue weighted by Gasteiger charge is 2.47. The van der Waals surface area contributed by atoms with Gasteiger partial charge < -0.3 is 15.2 Å². The van der Waals surface area contributed by atoms with Gasteiger partial charge in [0.15, 0.2) is 0 Å². The zero-order valence-electron chi connectivity index (χ0n) is 21.0. The predicted molar refractivity (Wildman–Crippen MR) is 144 cm³/mol. The molecule has 0 spiro atoms. The van der Waals surface area contributed by atoms with Crippen LogP contribution in [0.4, 0.5) is 11.4 Å². The van der Waals surface area contributed by atoms with Crippen LogP contribution < -0.4 is 15.0 Å². The van der Waals surface area contributed by atoms with Gasteiger partial charge in [0.1, 0.15) is 11.5 Å². The second-order valence-corrected chi connectivity index (χ2v) is 9.23. The second-order valence-electron chi connectivity index (χ2n) is 8.82. The van der Waals surface area contributed by atoms with Crippen molar-refractivity contribution >= 4 is 46.3 Å². The average Bonchev–Trinajstić information content (AvgIpc) is 3.13. The van der Waals surface area contributed by atoms with Gasteiger partial charge in [0.2, 0.25) is 5.91 Å². The molecular weight excluding hydrogens is 492 g/mol. The lowest BCUT2D eigenvalue weighted by molar-refractivity contribution is -0.132. The van der Waals surface area contributed by atoms with Crippen LogP contribution >= 0.6 is 11.6 Å². The maximum Gasteiger partial charge on any atom is 0.300 e. The smallest absolute Gasteiger partial charge is 0.300 e. The van der Waals surface area contributed by atoms with Crippen molar-refractivity contribution < 1.29 is 24.2 Å². The minimum atomic E-state index is -0.928. The van der Waals surface area contributed by atoms with Gasteiger partial charge in [-0.1, -0.05) is 48.9 Å². The quantitative estimate of drug-likeness (QED) is 0.244. The van der Waals surface area contributed by atoms with Crippen molar-refractivity contribution in [2.45, 2.75) is 33.2 Å². The van der Waals surface area contributed by atoms with Crippen molar-refractivity contribution in [3.63, 3.8) is 0 Å². The molecule has 0 aromatic heterocycles. The molecule has 7 nitrogen and oxygen atoms in total. The number of hydrogen-bond acceptors (Lipinski definition) is 5. The van der Waals surface area contributed by atoms with Crippen molar-refractivity contribution in [3.8, 4) is 5.75 Å². The number of nitrogens with one attached hydrogen (secondary N) is 1. The number of rotatable bonds is 6. The van der Waals surface area contributed by atoms with Crippen LogP contribution in [0.1, 0.15) is 42.1 Å². The molecule has 1 unspecified atom stereocenters. The third-order valence-electron chi connectivity index (χ3n) is 6.24. The molecule has 3 aromatic rings. The Balaban J connectivity index is 1.97. The van der Waals surface area contributed by atoms with E-state index < -0.39 is 17.7 Å². The molecule has 1 atom stereocenters. The summed E-state index contributed by atoms with van der Waals surface area (Å²) in [7, 11) is 1.42. The van der Waals surface area contributed by atoms with Crippen molar-refractivity contribution in [2.75, 3.05) is 17.3 Å². The summed E-state index contributed by atoms with van der Waals surface area (Å²) in [5, 5.41) is 14.5. The lowest BCUT2D eigenvalue weighted by Crippen LogP contribution is -2.29. The Hall–Kier alpha value is -4.10. The molecule has 2 N–H and O–H groups in total. The van der Waals surface area contributed by atoms with E-state index in [0.29, 0.717) is 16.9 Å². The molecule has 0 bridgehead atoms. The molecular formula is C29H27ClN2O5. The van der Waals surface area contributed by atoms with E-state index in [4.69, 9.17) is 16.3 Å². The molecule has 37 heavy (non-hydrogen) atoms. The zero-order valence-corrected chi connectivity index (χ0v) is 21.7. The SMILES string of the molecule is CCc1ccc(C2/C(=C(\O)c3cc(C)cc(Cl)c3OC)C(=O)C(=O)N2c2cccc(NC(C)=O)c2)cc1. The van der Waals surface area contributed by atoms with Crippen molar-refractivity contribution in [1.29, 1.82) is 0 Å². The van der Waals surface area contributed by atoms with Gasteiger partial charge in [-0.05, 0) is 60.4 Å². The maximum atomic E-state index is 13.5. The Morgan fingerprint density at radius 2 is 1.81 bits per heavy atom. The lowest BCUT2D eigenvalue weighted by atomic mass is 9.93. The van der Waals surface area contributed by atoms with Gasteiger partial charge in [0.05, 0.1) is 29.3 Å². The number of ether oxygens (including phenoxy) is 1. The molecule has 0 radical (unpaired) electrons. The van der Waals surface area contributed by atoms with Gasteiger partial charge in [-0.15, -0.1) is 0 Å². The third-order valence-corrected chi connectivity index (χ3v) is 6.52. The van der Waals surface area contributed by atoms with Crippen LogP contribution in [-0.4, -0.2) is 29.8 Å². The minimum absolute atomic E-state index is 0.0841. The van der Waals surface area contributed by atoms with Gasteiger partial charge in [-0.3, -0.25) is 19.3 Å². The number of aliphatic hydroxyl groups is 1. The molecule has 1 fully saturated rings. The van der Waals surface area contributed by atoms with Crippen molar-refractivity contribution in [3.05, 3.63) is 93.5 Å². The van der Waals surface area contributed by atoms with Gasteiger partial charge in [-0.2, -0.15) is 0 Å². The number of methoxy groups -OCH3 is 1. The Bertz CT molecular complexity index is 1430. The first kappa shape index (κ1) is 26.0. The molecule has 8 heteroatoms. The van der Waals surface area contributed by atoms with E-state index in [9.17, 15) is 19.5 Å². The number of aliphatic hydroxyl groups excluding tert-OH is 1. The van der Waals surface area contributed by atoms with Gasteiger partial charge in [-0.25, -0.2) is 0 Å². The number of hydrogen-bond donors (Lipinski definition) is 2. The third kappa shape index (κ3) is 4.95. The van der Waals surface area contributed by atoms with Gasteiger partial charge in [0, 0.05) is 18.3 Å². The Kier molecular flexibility index (Phi) is 7.36. The first-order valence-corrected chi connectivity index (χ1v) is 12.2. The van der Waals surface area contributed by atoms with E-state index in [1.165, 1.54) is 18.9 Å². The predicted octanol–water partition coefficient (Wildman–Crippen LogP) is 5.80. The lowest BCUT2D eigenvalue weighted by Gasteiger charge is -2.26. The molecule has 3 aromatic carbocycles. The van der Waals surface area contributed by atoms with Crippen molar-refractivity contribution in [2.24, 2.45) is 0 Å². The minimum Gasteiger partial charge on any atom is -0.507 e. The molecule has 1 aliphatic heterocycles. The Morgan fingerprint density at radius 1 is 1.11 bits per heavy atom. The number of Topliss-reactive ketones (excluding diaryl/α,β-unsaturated/α-hetero) is 1. The van der Waals surface area contributed by atoms with E-state index in [1.807, 2.05) is 31.2 Å². The van der Waals surface area contributed by atoms with Gasteiger partial charge >= 0.3 is 0 Å². The number of nitrogens with zero attached hydrogens (tertiary/aromatic N) is 1. The maximum absolute atomic E-state index is 13.5. The standard InChI is InChI=1S/C29H27ClN2O5/c1-5-18-9-11-19(12-10-18)25-24(26(34)22-13-16(2)14-23(30)28(22)37-4)27(35)29(36)32(25)21-8-6-7-20(15-21)31-17(3)33/h6-15,25,34H,5H2,1-4H3,(H,31,33)/b26-24+. The number of ketones is 1. The second kappa shape index (κ2) is 10.5. The number of halogens is 1. The fourth-order valence-corrected chi connectivity index (χ4v) is 4.90. The van der Waals surface area contributed by atoms with E-state index in [2.05, 4.69) is 5.32 Å². The largest absolute Gasteiger partial charge is 0.507 e. The number of benzene rings is 3. The fraction of sp³-hybridized carbons (Fsp3) is 0.207. The molecule has 2 amide bonds. The fourth-order valence-electron chi connectivity index (χ4n) is 4.54. The van der Waals surface area contributed by atoms with E-state index in [1.54, 1.807) is 43.3 Å². The number of aryl methyl sites for hydroxylation is 2. The summed E-state index contributed by atoms with van der Waals surface area (Å²) in [5.41, 5.74) is 3.46. The molecule has 0 saturated carbocycles. The number of anilines is 2. The highest BCUT2D eigenvalue weighted by molar-refractivity contribution is 6.51. The summed E-state index contributed by atoms with van der Waals surface area (Å²) in [6, 6.07) is 16.6. The summed E-state index contributed by atoms with van der Waals surface area (Å²) >= 11 is 6.37. The summed E-state index contributed by atoms with van der Waals surface area (Å²) in [6.07, 6.45) is 0.818. The van der Waals surface area contributed by atoms with Crippen LogP contribution in [-0.2, 0) is 20.8 Å². The molecule has 190 valence electrons. The highest BCUT2D eigenvalue weighted by Crippen LogP contribution is 2.44. The highest BCUT2D eigenvalue weighted by atomic mass is 35.5. The topological polar surface area (TPSA) is 95.9 Å². The molecule has 1 saturated heterocycles. The van der Waals surface area contributed by atoms with Crippen molar-refractivity contribution in [1.82, 2.24) is 0 Å². The van der Waals surface area contributed by atoms with E-state index in [0.717, 1.165) is 17.5 Å². The average molecular weight is 519 g/mol. The van der Waals surface area contributed by atoms with Crippen LogP contribution in [0.2, 0.25) is 5.02 Å². The Morgan fingerprint density at radius 3 is 2.43 bits per heavy atom. The number of carbonyl (C=O) groups excluding carboxylic acids is 3. The van der Waals surface area contributed by atoms with Crippen LogP contribution in [0.25, 0.3) is 5.76 Å². The van der Waals surface area contributed by atoms with Gasteiger partial charge in [0.25, 0.3) is 11.7 Å². The monoisotopic (exact) mass is 518 g/mol. The summed E-state index contributed by atoms with van der Waals surface area (Å²) in [5.74, 6) is -2.10. The molecule has 4 rings (SSSR count). The van der Waals surface area contributed by atoms with E-state index in [-0.39, 0.29) is 33.6 Å². The Labute approximate surface area is 220 Å². The molecule has 1 heterocycles. The normalized spacial score (nSPS) is 16.7. The zero-order chi connectivity index (χ0) is 26.9. The molecule has 0 aliphatic carbocycles. The first-order valence-electron chi connectivity index (χ1n) is 11.8.